The first kappa shape index (κ1) is 12.6. The number of nitrogens with two attached hydrogens (primary N) is 1. The summed E-state index contributed by atoms with van der Waals surface area (Å²) in [6.07, 6.45) is 5.54. The highest BCUT2D eigenvalue weighted by Crippen LogP contribution is 2.23. The summed E-state index contributed by atoms with van der Waals surface area (Å²) in [5, 5.41) is 8.90. The van der Waals surface area contributed by atoms with E-state index in [2.05, 4.69) is 20.2 Å². The van der Waals surface area contributed by atoms with Gasteiger partial charge in [0, 0.05) is 37.3 Å². The number of rotatable bonds is 3. The van der Waals surface area contributed by atoms with E-state index in [9.17, 15) is 0 Å². The van der Waals surface area contributed by atoms with Crippen molar-refractivity contribution in [3.63, 3.8) is 0 Å². The quantitative estimate of drug-likeness (QED) is 0.736. The fraction of sp³-hybridized carbons (Fsp3) is 0.167. The van der Waals surface area contributed by atoms with Gasteiger partial charge in [-0.15, -0.1) is 0 Å². The van der Waals surface area contributed by atoms with E-state index in [1.165, 1.54) is 0 Å². The van der Waals surface area contributed by atoms with Crippen molar-refractivity contribution in [1.82, 2.24) is 29.5 Å². The molecule has 0 spiro atoms. The van der Waals surface area contributed by atoms with Crippen molar-refractivity contribution in [1.29, 1.82) is 0 Å². The fourth-order valence-electron chi connectivity index (χ4n) is 1.99. The Morgan fingerprint density at radius 3 is 2.90 bits per heavy atom. The Morgan fingerprint density at radius 2 is 2.20 bits per heavy atom. The SMILES string of the molecule is Cn1cc(Cn2cccn2)c(-c2cc(Cl)nc(N)n2)n1. The molecule has 0 aliphatic rings. The van der Waals surface area contributed by atoms with E-state index >= 15 is 0 Å². The molecule has 102 valence electrons. The summed E-state index contributed by atoms with van der Waals surface area (Å²) in [6, 6.07) is 3.52. The fourth-order valence-corrected chi connectivity index (χ4v) is 2.18. The van der Waals surface area contributed by atoms with Gasteiger partial charge in [-0.25, -0.2) is 9.97 Å². The molecule has 8 heteroatoms. The Hall–Kier alpha value is -2.41. The van der Waals surface area contributed by atoms with Gasteiger partial charge in [0.1, 0.15) is 10.8 Å². The number of halogens is 1. The molecule has 0 fully saturated rings. The number of aryl methyl sites for hydroxylation is 1. The Morgan fingerprint density at radius 1 is 1.35 bits per heavy atom. The lowest BCUT2D eigenvalue weighted by molar-refractivity contribution is 0.686. The molecular formula is C12H12ClN7. The standard InChI is InChI=1S/C12H12ClN7/c1-19-6-8(7-20-4-2-3-15-20)11(18-19)9-5-10(13)17-12(14)16-9/h2-6H,7H2,1H3,(H2,14,16,17). The van der Waals surface area contributed by atoms with E-state index in [-0.39, 0.29) is 5.95 Å². The van der Waals surface area contributed by atoms with Crippen LogP contribution in [0.4, 0.5) is 5.95 Å². The average Bonchev–Trinajstić information content (AvgIpc) is 2.98. The molecule has 2 N–H and O–H groups in total. The van der Waals surface area contributed by atoms with Crippen molar-refractivity contribution >= 4 is 17.5 Å². The smallest absolute Gasteiger partial charge is 0.222 e. The molecule has 3 aromatic rings. The van der Waals surface area contributed by atoms with Gasteiger partial charge in [0.25, 0.3) is 0 Å². The van der Waals surface area contributed by atoms with Crippen LogP contribution in [0.3, 0.4) is 0 Å². The zero-order valence-electron chi connectivity index (χ0n) is 10.7. The molecule has 0 amide bonds. The van der Waals surface area contributed by atoms with Crippen LogP contribution in [0.5, 0.6) is 0 Å². The molecule has 0 unspecified atom stereocenters. The molecule has 0 saturated carbocycles. The summed E-state index contributed by atoms with van der Waals surface area (Å²) < 4.78 is 3.53. The molecule has 0 atom stereocenters. The molecule has 0 aromatic carbocycles. The first-order valence-corrected chi connectivity index (χ1v) is 6.30. The Kier molecular flexibility index (Phi) is 3.11. The van der Waals surface area contributed by atoms with Crippen LogP contribution < -0.4 is 5.73 Å². The predicted octanol–water partition coefficient (Wildman–Crippen LogP) is 1.36. The van der Waals surface area contributed by atoms with Gasteiger partial charge in [-0.2, -0.15) is 10.2 Å². The van der Waals surface area contributed by atoms with E-state index < -0.39 is 0 Å². The number of nitrogen functional groups attached to an aromatic ring is 1. The molecule has 20 heavy (non-hydrogen) atoms. The minimum Gasteiger partial charge on any atom is -0.368 e. The lowest BCUT2D eigenvalue weighted by Gasteiger charge is -2.03. The highest BCUT2D eigenvalue weighted by molar-refractivity contribution is 6.29. The average molecular weight is 290 g/mol. The van der Waals surface area contributed by atoms with Crippen LogP contribution in [0.2, 0.25) is 5.15 Å². The summed E-state index contributed by atoms with van der Waals surface area (Å²) in [5.74, 6) is 0.128. The van der Waals surface area contributed by atoms with Crippen molar-refractivity contribution in [3.05, 3.63) is 41.4 Å². The van der Waals surface area contributed by atoms with Crippen LogP contribution in [-0.2, 0) is 13.6 Å². The first-order valence-electron chi connectivity index (χ1n) is 5.92. The maximum absolute atomic E-state index is 5.92. The predicted molar refractivity (Wildman–Crippen MR) is 75.0 cm³/mol. The molecular weight excluding hydrogens is 278 g/mol. The van der Waals surface area contributed by atoms with Gasteiger partial charge in [-0.1, -0.05) is 11.6 Å². The van der Waals surface area contributed by atoms with Crippen LogP contribution in [0.15, 0.2) is 30.7 Å². The van der Waals surface area contributed by atoms with Gasteiger partial charge < -0.3 is 5.73 Å². The molecule has 0 bridgehead atoms. The summed E-state index contributed by atoms with van der Waals surface area (Å²) in [4.78, 5) is 8.04. The number of hydrogen-bond acceptors (Lipinski definition) is 5. The zero-order valence-corrected chi connectivity index (χ0v) is 11.5. The van der Waals surface area contributed by atoms with E-state index in [0.717, 1.165) is 11.3 Å². The monoisotopic (exact) mass is 289 g/mol. The van der Waals surface area contributed by atoms with Crippen molar-refractivity contribution in [2.75, 3.05) is 5.73 Å². The Bertz CT molecular complexity index is 712. The highest BCUT2D eigenvalue weighted by atomic mass is 35.5. The van der Waals surface area contributed by atoms with E-state index in [0.29, 0.717) is 17.4 Å². The maximum atomic E-state index is 5.92. The van der Waals surface area contributed by atoms with Gasteiger partial charge in [-0.3, -0.25) is 9.36 Å². The van der Waals surface area contributed by atoms with Gasteiger partial charge in [-0.05, 0) is 6.07 Å². The van der Waals surface area contributed by atoms with Gasteiger partial charge >= 0.3 is 0 Å². The van der Waals surface area contributed by atoms with Crippen molar-refractivity contribution in [2.24, 2.45) is 7.05 Å². The van der Waals surface area contributed by atoms with Crippen LogP contribution in [0.25, 0.3) is 11.4 Å². The summed E-state index contributed by atoms with van der Waals surface area (Å²) >= 11 is 5.92. The largest absolute Gasteiger partial charge is 0.368 e. The van der Waals surface area contributed by atoms with Crippen LogP contribution in [-0.4, -0.2) is 29.5 Å². The number of anilines is 1. The topological polar surface area (TPSA) is 87.4 Å². The summed E-state index contributed by atoms with van der Waals surface area (Å²) in [7, 11) is 1.85. The van der Waals surface area contributed by atoms with Crippen molar-refractivity contribution in [2.45, 2.75) is 6.54 Å². The van der Waals surface area contributed by atoms with Gasteiger partial charge in [0.15, 0.2) is 0 Å². The van der Waals surface area contributed by atoms with E-state index in [1.54, 1.807) is 16.9 Å². The Balaban J connectivity index is 2.04. The molecule has 3 aromatic heterocycles. The van der Waals surface area contributed by atoms with Crippen LogP contribution in [0.1, 0.15) is 5.56 Å². The third-order valence-electron chi connectivity index (χ3n) is 2.75. The number of hydrogen-bond donors (Lipinski definition) is 1. The second-order valence-electron chi connectivity index (χ2n) is 4.31. The number of nitrogens with zero attached hydrogens (tertiary/aromatic N) is 6. The lowest BCUT2D eigenvalue weighted by Crippen LogP contribution is -2.02. The minimum absolute atomic E-state index is 0.128. The van der Waals surface area contributed by atoms with E-state index in [4.69, 9.17) is 17.3 Å². The van der Waals surface area contributed by atoms with E-state index in [1.807, 2.05) is 30.2 Å². The zero-order chi connectivity index (χ0) is 14.1. The van der Waals surface area contributed by atoms with Crippen molar-refractivity contribution < 1.29 is 0 Å². The van der Waals surface area contributed by atoms with Crippen molar-refractivity contribution in [3.8, 4) is 11.4 Å². The molecule has 0 aliphatic heterocycles. The lowest BCUT2D eigenvalue weighted by atomic mass is 10.2. The Labute approximate surface area is 120 Å². The highest BCUT2D eigenvalue weighted by Gasteiger charge is 2.14. The summed E-state index contributed by atoms with van der Waals surface area (Å²) in [6.45, 7) is 0.595. The van der Waals surface area contributed by atoms with Crippen LogP contribution in [0, 0.1) is 0 Å². The minimum atomic E-state index is 0.128. The summed E-state index contributed by atoms with van der Waals surface area (Å²) in [5.41, 5.74) is 7.93. The normalized spacial score (nSPS) is 10.9. The molecule has 0 aliphatic carbocycles. The number of aromatic nitrogens is 6. The third kappa shape index (κ3) is 2.48. The maximum Gasteiger partial charge on any atom is 0.222 e. The second-order valence-corrected chi connectivity index (χ2v) is 4.70. The second kappa shape index (κ2) is 4.93. The molecule has 3 heterocycles. The van der Waals surface area contributed by atoms with Gasteiger partial charge in [0.2, 0.25) is 5.95 Å². The molecule has 3 rings (SSSR count). The molecule has 7 nitrogen and oxygen atoms in total. The molecule has 0 radical (unpaired) electrons. The van der Waals surface area contributed by atoms with Gasteiger partial charge in [0.05, 0.1) is 12.2 Å². The van der Waals surface area contributed by atoms with Crippen LogP contribution >= 0.6 is 11.6 Å². The first-order chi connectivity index (χ1) is 9.61. The third-order valence-corrected chi connectivity index (χ3v) is 2.94. The molecule has 0 saturated heterocycles.